The minimum atomic E-state index is -0.810. The van der Waals surface area contributed by atoms with Crippen LogP contribution in [0.3, 0.4) is 0 Å². The third kappa shape index (κ3) is 3.87. The fourth-order valence-electron chi connectivity index (χ4n) is 3.32. The molecule has 2 N–H and O–H groups in total. The van der Waals surface area contributed by atoms with Crippen molar-refractivity contribution in [3.8, 4) is 0 Å². The molecule has 0 bridgehead atoms. The molecule has 0 aromatic heterocycles. The Bertz CT molecular complexity index is 538. The van der Waals surface area contributed by atoms with E-state index in [-0.39, 0.29) is 5.91 Å². The van der Waals surface area contributed by atoms with Crippen LogP contribution in [0, 0.1) is 5.92 Å². The predicted octanol–water partition coefficient (Wildman–Crippen LogP) is 2.94. The second kappa shape index (κ2) is 6.95. The minimum Gasteiger partial charge on any atom is -0.481 e. The first-order valence-electron chi connectivity index (χ1n) is 8.06. The Morgan fingerprint density at radius 3 is 2.45 bits per heavy atom. The fraction of sp³-hybridized carbons (Fsp3) is 0.556. The molecule has 0 heterocycles. The summed E-state index contributed by atoms with van der Waals surface area (Å²) in [5.41, 5.74) is 1.57. The Balaban J connectivity index is 2.01. The molecule has 1 fully saturated rings. The van der Waals surface area contributed by atoms with Gasteiger partial charge in [0.25, 0.3) is 0 Å². The van der Waals surface area contributed by atoms with E-state index >= 15 is 0 Å². The zero-order valence-corrected chi connectivity index (χ0v) is 13.4. The average Bonchev–Trinajstić information content (AvgIpc) is 2.47. The van der Waals surface area contributed by atoms with Crippen molar-refractivity contribution in [3.63, 3.8) is 0 Å². The number of carbonyl (C=O) groups excluding carboxylic acids is 1. The van der Waals surface area contributed by atoms with Crippen LogP contribution in [0.4, 0.5) is 0 Å². The maximum atomic E-state index is 12.3. The minimum absolute atomic E-state index is 0.0973. The van der Waals surface area contributed by atoms with E-state index in [1.54, 1.807) is 0 Å². The first-order valence-corrected chi connectivity index (χ1v) is 8.06. The lowest BCUT2D eigenvalue weighted by Crippen LogP contribution is -2.55. The van der Waals surface area contributed by atoms with Crippen LogP contribution in [0.25, 0.3) is 0 Å². The lowest BCUT2D eigenvalue weighted by Gasteiger charge is -2.39. The summed E-state index contributed by atoms with van der Waals surface area (Å²) >= 11 is 0. The molecule has 4 nitrogen and oxygen atoms in total. The molecule has 0 saturated heterocycles. The summed E-state index contributed by atoms with van der Waals surface area (Å²) in [6, 6.07) is 8.00. The van der Waals surface area contributed by atoms with E-state index < -0.39 is 17.4 Å². The fourth-order valence-corrected chi connectivity index (χ4v) is 3.32. The molecule has 22 heavy (non-hydrogen) atoms. The molecule has 2 rings (SSSR count). The molecule has 0 radical (unpaired) electrons. The lowest BCUT2D eigenvalue weighted by molar-refractivity contribution is -0.146. The van der Waals surface area contributed by atoms with Crippen LogP contribution in [0.5, 0.6) is 0 Å². The van der Waals surface area contributed by atoms with Gasteiger partial charge in [0.1, 0.15) is 0 Å². The number of carboxylic acid groups (broad SMARTS) is 1. The summed E-state index contributed by atoms with van der Waals surface area (Å²) in [5.74, 6) is -1.40. The van der Waals surface area contributed by atoms with E-state index in [9.17, 15) is 14.7 Å². The smallest absolute Gasteiger partial charge is 0.308 e. The monoisotopic (exact) mass is 303 g/mol. The SMILES string of the molecule is CCc1ccc(CC(=O)NC2(C)CCCCC2C(=O)O)cc1. The van der Waals surface area contributed by atoms with Gasteiger partial charge in [-0.15, -0.1) is 0 Å². The summed E-state index contributed by atoms with van der Waals surface area (Å²) in [6.07, 6.45) is 4.52. The molecule has 1 amide bonds. The molecular weight excluding hydrogens is 278 g/mol. The molecule has 4 heteroatoms. The molecule has 0 aliphatic heterocycles. The van der Waals surface area contributed by atoms with Crippen molar-refractivity contribution in [2.75, 3.05) is 0 Å². The van der Waals surface area contributed by atoms with Gasteiger partial charge < -0.3 is 10.4 Å². The number of nitrogens with one attached hydrogen (secondary N) is 1. The number of aliphatic carboxylic acids is 1. The van der Waals surface area contributed by atoms with Crippen molar-refractivity contribution < 1.29 is 14.7 Å². The Morgan fingerprint density at radius 1 is 1.23 bits per heavy atom. The zero-order valence-electron chi connectivity index (χ0n) is 13.4. The van der Waals surface area contributed by atoms with Gasteiger partial charge in [-0.3, -0.25) is 9.59 Å². The van der Waals surface area contributed by atoms with Gasteiger partial charge in [0, 0.05) is 0 Å². The summed E-state index contributed by atoms with van der Waals surface area (Å²) < 4.78 is 0. The number of carboxylic acids is 1. The molecule has 0 spiro atoms. The molecule has 1 aromatic rings. The molecule has 1 aliphatic carbocycles. The largest absolute Gasteiger partial charge is 0.481 e. The van der Waals surface area contributed by atoms with Crippen molar-refractivity contribution in [3.05, 3.63) is 35.4 Å². The molecular formula is C18H25NO3. The lowest BCUT2D eigenvalue weighted by atomic mass is 9.74. The normalized spacial score (nSPS) is 24.7. The molecule has 1 aromatic carbocycles. The van der Waals surface area contributed by atoms with Gasteiger partial charge in [-0.1, -0.05) is 44.0 Å². The highest BCUT2D eigenvalue weighted by atomic mass is 16.4. The second-order valence-corrected chi connectivity index (χ2v) is 6.45. The first kappa shape index (κ1) is 16.5. The van der Waals surface area contributed by atoms with Gasteiger partial charge in [-0.05, 0) is 37.3 Å². The van der Waals surface area contributed by atoms with Gasteiger partial charge in [0.15, 0.2) is 0 Å². The number of hydrogen-bond donors (Lipinski definition) is 2. The molecule has 1 aliphatic rings. The maximum Gasteiger partial charge on any atom is 0.308 e. The molecule has 120 valence electrons. The number of rotatable bonds is 5. The van der Waals surface area contributed by atoms with Gasteiger partial charge in [0.05, 0.1) is 17.9 Å². The Kier molecular flexibility index (Phi) is 5.22. The highest BCUT2D eigenvalue weighted by molar-refractivity contribution is 5.81. The number of aryl methyl sites for hydroxylation is 1. The summed E-state index contributed by atoms with van der Waals surface area (Å²) in [6.45, 7) is 3.96. The third-order valence-electron chi connectivity index (χ3n) is 4.73. The van der Waals surface area contributed by atoms with Crippen LogP contribution in [0.15, 0.2) is 24.3 Å². The molecule has 2 unspecified atom stereocenters. The van der Waals surface area contributed by atoms with Gasteiger partial charge in [0.2, 0.25) is 5.91 Å². The van der Waals surface area contributed by atoms with E-state index in [2.05, 4.69) is 12.2 Å². The maximum absolute atomic E-state index is 12.3. The van der Waals surface area contributed by atoms with Crippen molar-refractivity contribution in [1.82, 2.24) is 5.32 Å². The Hall–Kier alpha value is -1.84. The third-order valence-corrected chi connectivity index (χ3v) is 4.73. The quantitative estimate of drug-likeness (QED) is 0.879. The molecule has 2 atom stereocenters. The zero-order chi connectivity index (χ0) is 16.2. The van der Waals surface area contributed by atoms with Crippen LogP contribution >= 0.6 is 0 Å². The van der Waals surface area contributed by atoms with Crippen LogP contribution in [-0.2, 0) is 22.4 Å². The van der Waals surface area contributed by atoms with Crippen molar-refractivity contribution in [1.29, 1.82) is 0 Å². The van der Waals surface area contributed by atoms with E-state index in [1.807, 2.05) is 31.2 Å². The van der Waals surface area contributed by atoms with E-state index in [0.717, 1.165) is 31.2 Å². The number of benzene rings is 1. The Labute approximate surface area is 131 Å². The van der Waals surface area contributed by atoms with Gasteiger partial charge in [-0.25, -0.2) is 0 Å². The standard InChI is InChI=1S/C18H25NO3/c1-3-13-7-9-14(10-8-13)12-16(20)19-18(2)11-5-4-6-15(18)17(21)22/h7-10,15H,3-6,11-12H2,1-2H3,(H,19,20)(H,21,22). The number of amides is 1. The second-order valence-electron chi connectivity index (χ2n) is 6.45. The summed E-state index contributed by atoms with van der Waals surface area (Å²) in [7, 11) is 0. The Morgan fingerprint density at radius 2 is 1.86 bits per heavy atom. The van der Waals surface area contributed by atoms with E-state index in [0.29, 0.717) is 12.8 Å². The van der Waals surface area contributed by atoms with Gasteiger partial charge in [-0.2, -0.15) is 0 Å². The van der Waals surface area contributed by atoms with Crippen LogP contribution in [-0.4, -0.2) is 22.5 Å². The highest BCUT2D eigenvalue weighted by Gasteiger charge is 2.42. The average molecular weight is 303 g/mol. The summed E-state index contributed by atoms with van der Waals surface area (Å²) in [4.78, 5) is 23.7. The van der Waals surface area contributed by atoms with E-state index in [1.165, 1.54) is 5.56 Å². The van der Waals surface area contributed by atoms with Crippen molar-refractivity contribution in [2.24, 2.45) is 5.92 Å². The van der Waals surface area contributed by atoms with Crippen molar-refractivity contribution >= 4 is 11.9 Å². The van der Waals surface area contributed by atoms with Crippen LogP contribution in [0.1, 0.15) is 50.7 Å². The summed E-state index contributed by atoms with van der Waals surface area (Å²) in [5, 5.41) is 12.4. The predicted molar refractivity (Wildman–Crippen MR) is 85.7 cm³/mol. The van der Waals surface area contributed by atoms with Crippen LogP contribution < -0.4 is 5.32 Å². The van der Waals surface area contributed by atoms with Crippen molar-refractivity contribution in [2.45, 2.75) is 57.9 Å². The topological polar surface area (TPSA) is 66.4 Å². The number of hydrogen-bond acceptors (Lipinski definition) is 2. The van der Waals surface area contributed by atoms with E-state index in [4.69, 9.17) is 0 Å². The highest BCUT2D eigenvalue weighted by Crippen LogP contribution is 2.33. The number of carbonyl (C=O) groups is 2. The first-order chi connectivity index (χ1) is 10.4. The molecule has 1 saturated carbocycles. The van der Waals surface area contributed by atoms with Crippen LogP contribution in [0.2, 0.25) is 0 Å². The van der Waals surface area contributed by atoms with Gasteiger partial charge >= 0.3 is 5.97 Å².